The third-order valence-electron chi connectivity index (χ3n) is 4.33. The van der Waals surface area contributed by atoms with Crippen molar-refractivity contribution in [3.8, 4) is 34.8 Å². The van der Waals surface area contributed by atoms with E-state index in [4.69, 9.17) is 10.5 Å². The Morgan fingerprint density at radius 1 is 1.00 bits per heavy atom. The van der Waals surface area contributed by atoms with Crippen molar-refractivity contribution >= 4 is 5.82 Å². The summed E-state index contributed by atoms with van der Waals surface area (Å²) in [5.74, 6) is 0.941. The van der Waals surface area contributed by atoms with E-state index in [1.807, 2.05) is 44.2 Å². The second-order valence-electron chi connectivity index (χ2n) is 6.06. The van der Waals surface area contributed by atoms with Crippen LogP contribution in [0.4, 0.5) is 5.82 Å². The Hall–Kier alpha value is -4.03. The fourth-order valence-corrected chi connectivity index (χ4v) is 2.78. The molecule has 0 spiro atoms. The molecule has 132 valence electrons. The van der Waals surface area contributed by atoms with E-state index in [-0.39, 0.29) is 22.5 Å². The molecule has 0 atom stereocenters. The molecule has 0 radical (unpaired) electrons. The van der Waals surface area contributed by atoms with Gasteiger partial charge in [-0.3, -0.25) is 4.79 Å². The summed E-state index contributed by atoms with van der Waals surface area (Å²) in [5.41, 5.74) is 7.82. The highest BCUT2D eigenvalue weighted by Gasteiger charge is 2.21. The summed E-state index contributed by atoms with van der Waals surface area (Å²) in [5, 5.41) is 19.0. The molecule has 0 bridgehead atoms. The van der Waals surface area contributed by atoms with Gasteiger partial charge in [-0.25, -0.2) is 0 Å². The number of para-hydroxylation sites is 1. The number of H-pyrrole nitrogens is 1. The Morgan fingerprint density at radius 3 is 2.37 bits per heavy atom. The predicted molar refractivity (Wildman–Crippen MR) is 102 cm³/mol. The van der Waals surface area contributed by atoms with Crippen LogP contribution in [0.2, 0.25) is 0 Å². The molecule has 6 heteroatoms. The zero-order valence-electron chi connectivity index (χ0n) is 14.8. The molecule has 0 aliphatic rings. The van der Waals surface area contributed by atoms with E-state index >= 15 is 0 Å². The molecular formula is C21H16N4O2. The standard InChI is InChI=1S/C21H16N4O2/c1-12-7-8-14(9-13(12)2)27-18-6-4-3-5-15(18)19-16(10-22)20(24)25-21(26)17(19)11-23/h3-9H,1-2H3,(H3,24,25,26). The van der Waals surface area contributed by atoms with Crippen molar-refractivity contribution in [3.05, 3.63) is 75.1 Å². The number of pyridine rings is 1. The number of anilines is 1. The van der Waals surface area contributed by atoms with Gasteiger partial charge in [0.15, 0.2) is 0 Å². The van der Waals surface area contributed by atoms with Crippen molar-refractivity contribution in [2.75, 3.05) is 5.73 Å². The summed E-state index contributed by atoms with van der Waals surface area (Å²) < 4.78 is 6.01. The molecule has 2 aromatic carbocycles. The van der Waals surface area contributed by atoms with Gasteiger partial charge in [0.05, 0.1) is 0 Å². The maximum Gasteiger partial charge on any atom is 0.268 e. The first-order valence-electron chi connectivity index (χ1n) is 8.16. The lowest BCUT2D eigenvalue weighted by molar-refractivity contribution is 0.484. The summed E-state index contributed by atoms with van der Waals surface area (Å²) in [6, 6.07) is 16.4. The minimum absolute atomic E-state index is 0.0299. The quantitative estimate of drug-likeness (QED) is 0.741. The monoisotopic (exact) mass is 356 g/mol. The average molecular weight is 356 g/mol. The van der Waals surface area contributed by atoms with E-state index in [9.17, 15) is 15.3 Å². The normalized spacial score (nSPS) is 10.1. The van der Waals surface area contributed by atoms with Gasteiger partial charge in [-0.1, -0.05) is 24.3 Å². The van der Waals surface area contributed by atoms with Crippen molar-refractivity contribution in [1.29, 1.82) is 10.5 Å². The number of aromatic nitrogens is 1. The van der Waals surface area contributed by atoms with Gasteiger partial charge in [0, 0.05) is 11.1 Å². The summed E-state index contributed by atoms with van der Waals surface area (Å²) >= 11 is 0. The second-order valence-corrected chi connectivity index (χ2v) is 6.06. The number of aromatic amines is 1. The number of nitrogens with two attached hydrogens (primary N) is 1. The molecule has 0 aliphatic carbocycles. The fourth-order valence-electron chi connectivity index (χ4n) is 2.78. The van der Waals surface area contributed by atoms with Crippen LogP contribution in [0.25, 0.3) is 11.1 Å². The highest BCUT2D eigenvalue weighted by Crippen LogP contribution is 2.37. The summed E-state index contributed by atoms with van der Waals surface area (Å²) in [6.07, 6.45) is 0. The van der Waals surface area contributed by atoms with Gasteiger partial charge in [-0.2, -0.15) is 10.5 Å². The Labute approximate surface area is 156 Å². The third kappa shape index (κ3) is 3.24. The zero-order valence-corrected chi connectivity index (χ0v) is 14.8. The molecular weight excluding hydrogens is 340 g/mol. The van der Waals surface area contributed by atoms with Crippen LogP contribution in [0, 0.1) is 36.5 Å². The Kier molecular flexibility index (Phi) is 4.66. The van der Waals surface area contributed by atoms with E-state index in [0.29, 0.717) is 17.1 Å². The van der Waals surface area contributed by atoms with Crippen molar-refractivity contribution in [1.82, 2.24) is 4.98 Å². The van der Waals surface area contributed by atoms with Crippen LogP contribution >= 0.6 is 0 Å². The highest BCUT2D eigenvalue weighted by atomic mass is 16.5. The van der Waals surface area contributed by atoms with Crippen molar-refractivity contribution < 1.29 is 4.74 Å². The SMILES string of the molecule is Cc1ccc(Oc2ccccc2-c2c(C#N)c(N)[nH]c(=O)c2C#N)cc1C. The van der Waals surface area contributed by atoms with Gasteiger partial charge in [0.1, 0.15) is 40.6 Å². The van der Waals surface area contributed by atoms with E-state index in [1.165, 1.54) is 0 Å². The smallest absolute Gasteiger partial charge is 0.268 e. The van der Waals surface area contributed by atoms with Crippen LogP contribution < -0.4 is 16.0 Å². The predicted octanol–water partition coefficient (Wildman–Crippen LogP) is 3.78. The number of benzene rings is 2. The molecule has 3 N–H and O–H groups in total. The first-order chi connectivity index (χ1) is 13.0. The third-order valence-corrected chi connectivity index (χ3v) is 4.33. The van der Waals surface area contributed by atoms with Gasteiger partial charge in [0.2, 0.25) is 0 Å². The molecule has 1 heterocycles. The molecule has 0 saturated heterocycles. The minimum Gasteiger partial charge on any atom is -0.457 e. The molecule has 0 aliphatic heterocycles. The number of ether oxygens (including phenoxy) is 1. The fraction of sp³-hybridized carbons (Fsp3) is 0.0952. The van der Waals surface area contributed by atoms with Gasteiger partial charge in [0.25, 0.3) is 5.56 Å². The number of nitriles is 2. The van der Waals surface area contributed by atoms with Crippen LogP contribution in [0.5, 0.6) is 11.5 Å². The molecule has 27 heavy (non-hydrogen) atoms. The van der Waals surface area contributed by atoms with E-state index in [0.717, 1.165) is 11.1 Å². The second kappa shape index (κ2) is 7.07. The Morgan fingerprint density at radius 2 is 1.70 bits per heavy atom. The number of hydrogen-bond donors (Lipinski definition) is 2. The first-order valence-corrected chi connectivity index (χ1v) is 8.16. The molecule has 3 rings (SSSR count). The van der Waals surface area contributed by atoms with Gasteiger partial charge in [-0.05, 0) is 43.2 Å². The van der Waals surface area contributed by atoms with E-state index < -0.39 is 5.56 Å². The highest BCUT2D eigenvalue weighted by molar-refractivity contribution is 5.83. The van der Waals surface area contributed by atoms with Gasteiger partial charge < -0.3 is 15.5 Å². The molecule has 1 aromatic heterocycles. The Balaban J connectivity index is 2.24. The lowest BCUT2D eigenvalue weighted by Gasteiger charge is -2.14. The lowest BCUT2D eigenvalue weighted by Crippen LogP contribution is -2.16. The molecule has 6 nitrogen and oxygen atoms in total. The maximum atomic E-state index is 12.2. The van der Waals surface area contributed by atoms with Crippen molar-refractivity contribution in [3.63, 3.8) is 0 Å². The van der Waals surface area contributed by atoms with Crippen LogP contribution in [0.3, 0.4) is 0 Å². The van der Waals surface area contributed by atoms with Crippen LogP contribution in [-0.4, -0.2) is 4.98 Å². The first kappa shape index (κ1) is 17.8. The number of nitrogen functional groups attached to an aromatic ring is 1. The molecule has 0 saturated carbocycles. The summed E-state index contributed by atoms with van der Waals surface area (Å²) in [4.78, 5) is 14.5. The molecule has 0 unspecified atom stereocenters. The van der Waals surface area contributed by atoms with Crippen LogP contribution in [0.15, 0.2) is 47.3 Å². The maximum absolute atomic E-state index is 12.2. The lowest BCUT2D eigenvalue weighted by atomic mass is 9.96. The average Bonchev–Trinajstić information content (AvgIpc) is 2.65. The Bertz CT molecular complexity index is 1180. The minimum atomic E-state index is -0.648. The van der Waals surface area contributed by atoms with E-state index in [2.05, 4.69) is 4.98 Å². The zero-order chi connectivity index (χ0) is 19.6. The molecule has 0 fully saturated rings. The van der Waals surface area contributed by atoms with Gasteiger partial charge in [-0.15, -0.1) is 0 Å². The van der Waals surface area contributed by atoms with E-state index in [1.54, 1.807) is 24.3 Å². The summed E-state index contributed by atoms with van der Waals surface area (Å²) in [6.45, 7) is 3.98. The summed E-state index contributed by atoms with van der Waals surface area (Å²) in [7, 11) is 0. The topological polar surface area (TPSA) is 116 Å². The number of rotatable bonds is 3. The molecule has 0 amide bonds. The van der Waals surface area contributed by atoms with Crippen LogP contribution in [0.1, 0.15) is 22.3 Å². The van der Waals surface area contributed by atoms with Crippen molar-refractivity contribution in [2.24, 2.45) is 0 Å². The van der Waals surface area contributed by atoms with Gasteiger partial charge >= 0.3 is 0 Å². The van der Waals surface area contributed by atoms with Crippen molar-refractivity contribution in [2.45, 2.75) is 13.8 Å². The number of nitrogens with zero attached hydrogens (tertiary/aromatic N) is 2. The number of nitrogens with one attached hydrogen (secondary N) is 1. The van der Waals surface area contributed by atoms with Crippen LogP contribution in [-0.2, 0) is 0 Å². The largest absolute Gasteiger partial charge is 0.457 e. The number of hydrogen-bond acceptors (Lipinski definition) is 5. The molecule has 3 aromatic rings. The number of aryl methyl sites for hydroxylation is 2.